The van der Waals surface area contributed by atoms with Gasteiger partial charge in [0.25, 0.3) is 5.91 Å². The van der Waals surface area contributed by atoms with E-state index in [1.807, 2.05) is 0 Å². The summed E-state index contributed by atoms with van der Waals surface area (Å²) in [5.41, 5.74) is 0.678. The summed E-state index contributed by atoms with van der Waals surface area (Å²) in [6, 6.07) is 5.26. The molecule has 0 saturated carbocycles. The number of anilines is 2. The smallest absolute Gasteiger partial charge is 0.265 e. The molecule has 1 aromatic rings. The van der Waals surface area contributed by atoms with E-state index in [4.69, 9.17) is 9.47 Å². The number of piperidine rings is 1. The van der Waals surface area contributed by atoms with E-state index in [1.54, 1.807) is 32.2 Å². The van der Waals surface area contributed by atoms with Gasteiger partial charge >= 0.3 is 0 Å². The van der Waals surface area contributed by atoms with Crippen molar-refractivity contribution in [3.63, 3.8) is 0 Å². The van der Waals surface area contributed by atoms with Crippen LogP contribution in [-0.2, 0) is 14.3 Å². The Morgan fingerprint density at radius 3 is 2.80 bits per heavy atom. The third-order valence-corrected chi connectivity index (χ3v) is 4.63. The summed E-state index contributed by atoms with van der Waals surface area (Å²) in [7, 11) is 1.62. The van der Waals surface area contributed by atoms with Crippen LogP contribution in [0.15, 0.2) is 18.2 Å². The Kier molecular flexibility index (Phi) is 6.26. The molecule has 0 radical (unpaired) electrons. The van der Waals surface area contributed by atoms with E-state index >= 15 is 0 Å². The van der Waals surface area contributed by atoms with Crippen molar-refractivity contribution in [3.8, 4) is 5.75 Å². The Balaban J connectivity index is 0.00000225. The van der Waals surface area contributed by atoms with Crippen molar-refractivity contribution in [2.24, 2.45) is 5.41 Å². The summed E-state index contributed by atoms with van der Waals surface area (Å²) >= 11 is 0. The number of nitrogens with one attached hydrogen (secondary N) is 3. The molecule has 2 aliphatic rings. The molecule has 1 aromatic carbocycles. The molecular formula is C17H24ClN3O4. The van der Waals surface area contributed by atoms with E-state index in [0.29, 0.717) is 23.7 Å². The molecule has 138 valence electrons. The number of carbonyl (C=O) groups excluding carboxylic acids is 2. The summed E-state index contributed by atoms with van der Waals surface area (Å²) < 4.78 is 10.8. The second kappa shape index (κ2) is 8.03. The molecule has 1 saturated heterocycles. The molecule has 3 N–H and O–H groups in total. The number of halogens is 1. The normalized spacial score (nSPS) is 21.2. The van der Waals surface area contributed by atoms with Crippen molar-refractivity contribution < 1.29 is 19.1 Å². The maximum absolute atomic E-state index is 12.8. The molecule has 3 rings (SSSR count). The minimum atomic E-state index is -0.524. The van der Waals surface area contributed by atoms with E-state index in [2.05, 4.69) is 16.0 Å². The van der Waals surface area contributed by atoms with Gasteiger partial charge in [0, 0.05) is 12.8 Å². The van der Waals surface area contributed by atoms with Gasteiger partial charge in [0.15, 0.2) is 6.10 Å². The highest BCUT2D eigenvalue weighted by Gasteiger charge is 2.39. The van der Waals surface area contributed by atoms with Gasteiger partial charge in [-0.25, -0.2) is 0 Å². The van der Waals surface area contributed by atoms with Crippen LogP contribution in [0.2, 0.25) is 0 Å². The first-order chi connectivity index (χ1) is 11.5. The number of rotatable bonds is 4. The fourth-order valence-corrected chi connectivity index (χ4v) is 3.17. The first kappa shape index (κ1) is 19.5. The lowest BCUT2D eigenvalue weighted by Crippen LogP contribution is -2.47. The molecule has 1 fully saturated rings. The molecule has 7 nitrogen and oxygen atoms in total. The Hall–Kier alpha value is -1.83. The van der Waals surface area contributed by atoms with Crippen molar-refractivity contribution >= 4 is 35.6 Å². The Bertz CT molecular complexity index is 641. The van der Waals surface area contributed by atoms with Crippen LogP contribution >= 0.6 is 12.4 Å². The zero-order valence-electron chi connectivity index (χ0n) is 14.4. The number of hydrogen-bond donors (Lipinski definition) is 3. The summed E-state index contributed by atoms with van der Waals surface area (Å²) in [5, 5.41) is 9.01. The first-order valence-electron chi connectivity index (χ1n) is 8.17. The highest BCUT2D eigenvalue weighted by Crippen LogP contribution is 2.34. The number of ether oxygens (including phenoxy) is 2. The largest absolute Gasteiger partial charge is 0.479 e. The fourth-order valence-electron chi connectivity index (χ4n) is 3.17. The predicted octanol–water partition coefficient (Wildman–Crippen LogP) is 1.78. The van der Waals surface area contributed by atoms with Crippen molar-refractivity contribution in [1.29, 1.82) is 0 Å². The van der Waals surface area contributed by atoms with E-state index in [1.165, 1.54) is 0 Å². The van der Waals surface area contributed by atoms with Gasteiger partial charge < -0.3 is 25.4 Å². The summed E-state index contributed by atoms with van der Waals surface area (Å²) in [6.45, 7) is 3.67. The third-order valence-electron chi connectivity index (χ3n) is 4.63. The highest BCUT2D eigenvalue weighted by molar-refractivity contribution is 6.00. The van der Waals surface area contributed by atoms with Gasteiger partial charge in [-0.1, -0.05) is 0 Å². The second-order valence-electron chi connectivity index (χ2n) is 6.38. The lowest BCUT2D eigenvalue weighted by Gasteiger charge is -2.35. The average molecular weight is 370 g/mol. The molecule has 0 aliphatic carbocycles. The molecule has 2 aliphatic heterocycles. The van der Waals surface area contributed by atoms with E-state index in [-0.39, 0.29) is 24.2 Å². The van der Waals surface area contributed by atoms with Gasteiger partial charge in [-0.2, -0.15) is 0 Å². The molecule has 2 heterocycles. The lowest BCUT2D eigenvalue weighted by atomic mass is 9.78. The van der Waals surface area contributed by atoms with E-state index < -0.39 is 11.5 Å². The van der Waals surface area contributed by atoms with Crippen LogP contribution in [0.3, 0.4) is 0 Å². The van der Waals surface area contributed by atoms with Gasteiger partial charge in [-0.05, 0) is 51.1 Å². The van der Waals surface area contributed by atoms with Crippen LogP contribution in [0.1, 0.15) is 19.8 Å². The molecule has 1 atom stereocenters. The van der Waals surface area contributed by atoms with Gasteiger partial charge in [0.1, 0.15) is 5.75 Å². The second-order valence-corrected chi connectivity index (χ2v) is 6.38. The maximum atomic E-state index is 12.8. The van der Waals surface area contributed by atoms with Crippen LogP contribution in [0, 0.1) is 5.41 Å². The number of carbonyl (C=O) groups is 2. The van der Waals surface area contributed by atoms with Crippen molar-refractivity contribution in [1.82, 2.24) is 5.32 Å². The minimum absolute atomic E-state index is 0. The van der Waals surface area contributed by atoms with Crippen LogP contribution in [0.5, 0.6) is 5.75 Å². The van der Waals surface area contributed by atoms with Crippen LogP contribution < -0.4 is 20.7 Å². The fraction of sp³-hybridized carbons (Fsp3) is 0.529. The molecule has 25 heavy (non-hydrogen) atoms. The van der Waals surface area contributed by atoms with Gasteiger partial charge in [-0.3, -0.25) is 9.59 Å². The molecule has 0 bridgehead atoms. The Labute approximate surface area is 153 Å². The first-order valence-corrected chi connectivity index (χ1v) is 8.17. The predicted molar refractivity (Wildman–Crippen MR) is 97.5 cm³/mol. The molecule has 0 spiro atoms. The quantitative estimate of drug-likeness (QED) is 0.753. The summed E-state index contributed by atoms with van der Waals surface area (Å²) in [6.07, 6.45) is 0.946. The van der Waals surface area contributed by atoms with Gasteiger partial charge in [0.2, 0.25) is 5.91 Å². The van der Waals surface area contributed by atoms with Gasteiger partial charge in [-0.15, -0.1) is 12.4 Å². The van der Waals surface area contributed by atoms with Gasteiger partial charge in [0.05, 0.1) is 17.7 Å². The van der Waals surface area contributed by atoms with Crippen molar-refractivity contribution in [2.75, 3.05) is 37.4 Å². The number of benzene rings is 1. The zero-order valence-corrected chi connectivity index (χ0v) is 15.2. The van der Waals surface area contributed by atoms with E-state index in [9.17, 15) is 9.59 Å². The third kappa shape index (κ3) is 4.05. The molecular weight excluding hydrogens is 346 g/mol. The molecule has 8 heteroatoms. The van der Waals surface area contributed by atoms with Crippen LogP contribution in [-0.4, -0.2) is 44.7 Å². The van der Waals surface area contributed by atoms with Crippen molar-refractivity contribution in [2.45, 2.75) is 25.9 Å². The summed E-state index contributed by atoms with van der Waals surface area (Å²) in [4.78, 5) is 24.6. The standard InChI is InChI=1S/C17H23N3O4.ClH/c1-11-15(21)20-13-9-12(3-4-14(13)24-11)19-16(22)17(10-23-2)5-7-18-8-6-17;/h3-4,9,11,18H,5-8,10H2,1-2H3,(H,19,22)(H,20,21);1H. The molecule has 0 aromatic heterocycles. The number of amides is 2. The SMILES string of the molecule is COCC1(C(=O)Nc2ccc3c(c2)NC(=O)C(C)O3)CCNCC1.Cl. The van der Waals surface area contributed by atoms with Crippen LogP contribution in [0.4, 0.5) is 11.4 Å². The lowest BCUT2D eigenvalue weighted by molar-refractivity contribution is -0.130. The van der Waals surface area contributed by atoms with Crippen LogP contribution in [0.25, 0.3) is 0 Å². The Morgan fingerprint density at radius 1 is 1.40 bits per heavy atom. The van der Waals surface area contributed by atoms with Crippen molar-refractivity contribution in [3.05, 3.63) is 18.2 Å². The zero-order chi connectivity index (χ0) is 17.2. The average Bonchev–Trinajstić information content (AvgIpc) is 2.57. The molecule has 2 amide bonds. The molecule has 1 unspecified atom stereocenters. The monoisotopic (exact) mass is 369 g/mol. The minimum Gasteiger partial charge on any atom is -0.479 e. The topological polar surface area (TPSA) is 88.7 Å². The number of fused-ring (bicyclic) bond motifs is 1. The Morgan fingerprint density at radius 2 is 2.12 bits per heavy atom. The highest BCUT2D eigenvalue weighted by atomic mass is 35.5. The maximum Gasteiger partial charge on any atom is 0.265 e. The number of hydrogen-bond acceptors (Lipinski definition) is 5. The van der Waals surface area contributed by atoms with E-state index in [0.717, 1.165) is 25.9 Å². The number of methoxy groups -OCH3 is 1. The summed E-state index contributed by atoms with van der Waals surface area (Å²) in [5.74, 6) is 0.357.